The van der Waals surface area contributed by atoms with Crippen LogP contribution in [-0.2, 0) is 4.79 Å². The summed E-state index contributed by atoms with van der Waals surface area (Å²) in [7, 11) is 0. The quantitative estimate of drug-likeness (QED) is 0.773. The van der Waals surface area contributed by atoms with Crippen molar-refractivity contribution in [2.24, 2.45) is 0 Å². The zero-order valence-electron chi connectivity index (χ0n) is 10.2. The molecule has 2 amide bonds. The maximum Gasteiger partial charge on any atom is 0.326 e. The lowest BCUT2D eigenvalue weighted by Crippen LogP contribution is -2.43. The molecule has 1 aromatic rings. The Balaban J connectivity index is 2.11. The van der Waals surface area contributed by atoms with E-state index in [0.29, 0.717) is 0 Å². The summed E-state index contributed by atoms with van der Waals surface area (Å²) in [5.74, 6) is -1.81. The first kappa shape index (κ1) is 14.5. The van der Waals surface area contributed by atoms with E-state index in [1.807, 2.05) is 0 Å². The molecule has 0 aromatic heterocycles. The number of halogens is 2. The van der Waals surface area contributed by atoms with Crippen molar-refractivity contribution >= 4 is 29.3 Å². The van der Waals surface area contributed by atoms with Crippen molar-refractivity contribution in [1.82, 2.24) is 4.90 Å². The number of aliphatic carboxylic acids is 1. The van der Waals surface area contributed by atoms with E-state index < -0.39 is 30.0 Å². The fraction of sp³-hybridized carbons (Fsp3) is 0.333. The topological polar surface area (TPSA) is 89.9 Å². The summed E-state index contributed by atoms with van der Waals surface area (Å²) in [5.41, 5.74) is 0.243. The molecule has 1 saturated heterocycles. The van der Waals surface area contributed by atoms with Gasteiger partial charge in [-0.15, -0.1) is 0 Å². The highest BCUT2D eigenvalue weighted by atomic mass is 35.5. The molecule has 20 heavy (non-hydrogen) atoms. The number of nitrogens with zero attached hydrogens (tertiary/aromatic N) is 1. The van der Waals surface area contributed by atoms with Crippen LogP contribution in [0.15, 0.2) is 18.2 Å². The second-order valence-corrected chi connectivity index (χ2v) is 4.86. The van der Waals surface area contributed by atoms with E-state index in [2.05, 4.69) is 5.32 Å². The van der Waals surface area contributed by atoms with E-state index in [-0.39, 0.29) is 23.7 Å². The van der Waals surface area contributed by atoms with Gasteiger partial charge in [-0.05, 0) is 18.2 Å². The number of carbonyl (C=O) groups excluding carboxylic acids is 1. The van der Waals surface area contributed by atoms with E-state index in [1.165, 1.54) is 12.1 Å². The van der Waals surface area contributed by atoms with Crippen LogP contribution in [0.4, 0.5) is 14.9 Å². The van der Waals surface area contributed by atoms with Gasteiger partial charge in [-0.2, -0.15) is 0 Å². The Morgan fingerprint density at radius 1 is 1.45 bits per heavy atom. The van der Waals surface area contributed by atoms with E-state index in [4.69, 9.17) is 16.7 Å². The van der Waals surface area contributed by atoms with Crippen LogP contribution >= 0.6 is 11.6 Å². The zero-order valence-corrected chi connectivity index (χ0v) is 11.0. The van der Waals surface area contributed by atoms with Gasteiger partial charge in [0, 0.05) is 18.7 Å². The molecule has 0 radical (unpaired) electrons. The molecule has 1 aliphatic heterocycles. The smallest absolute Gasteiger partial charge is 0.326 e. The van der Waals surface area contributed by atoms with E-state index in [9.17, 15) is 19.1 Å². The molecule has 108 valence electrons. The third-order valence-electron chi connectivity index (χ3n) is 3.00. The average Bonchev–Trinajstić information content (AvgIpc) is 2.76. The van der Waals surface area contributed by atoms with Crippen molar-refractivity contribution in [2.45, 2.75) is 18.6 Å². The molecule has 1 unspecified atom stereocenters. The number of amides is 2. The summed E-state index contributed by atoms with van der Waals surface area (Å²) in [6, 6.07) is 1.85. The van der Waals surface area contributed by atoms with Crippen LogP contribution in [-0.4, -0.2) is 45.8 Å². The molecule has 0 aliphatic carbocycles. The van der Waals surface area contributed by atoms with Crippen molar-refractivity contribution in [1.29, 1.82) is 0 Å². The van der Waals surface area contributed by atoms with Gasteiger partial charge >= 0.3 is 12.0 Å². The fourth-order valence-electron chi connectivity index (χ4n) is 2.04. The summed E-state index contributed by atoms with van der Waals surface area (Å²) in [6.45, 7) is -0.0717. The number of likely N-dealkylation sites (tertiary alicyclic amines) is 1. The van der Waals surface area contributed by atoms with Crippen LogP contribution in [0.1, 0.15) is 6.42 Å². The summed E-state index contributed by atoms with van der Waals surface area (Å²) in [6.07, 6.45) is -0.897. The van der Waals surface area contributed by atoms with Gasteiger partial charge in [0.1, 0.15) is 11.9 Å². The third-order valence-corrected chi connectivity index (χ3v) is 3.29. The van der Waals surface area contributed by atoms with Crippen molar-refractivity contribution in [3.8, 4) is 0 Å². The molecule has 1 heterocycles. The van der Waals surface area contributed by atoms with Crippen LogP contribution in [0.2, 0.25) is 5.02 Å². The van der Waals surface area contributed by atoms with E-state index in [0.717, 1.165) is 11.0 Å². The van der Waals surface area contributed by atoms with Crippen LogP contribution in [0.3, 0.4) is 0 Å². The van der Waals surface area contributed by atoms with Crippen molar-refractivity contribution in [2.75, 3.05) is 11.9 Å². The molecule has 1 fully saturated rings. The Labute approximate surface area is 118 Å². The molecule has 3 N–H and O–H groups in total. The van der Waals surface area contributed by atoms with Crippen molar-refractivity contribution < 1.29 is 24.2 Å². The molecule has 1 aliphatic rings. The summed E-state index contributed by atoms with van der Waals surface area (Å²) < 4.78 is 13.0. The number of anilines is 1. The monoisotopic (exact) mass is 302 g/mol. The number of aliphatic hydroxyl groups is 1. The predicted molar refractivity (Wildman–Crippen MR) is 69.2 cm³/mol. The van der Waals surface area contributed by atoms with Gasteiger partial charge < -0.3 is 20.4 Å². The first-order valence-electron chi connectivity index (χ1n) is 5.82. The number of aliphatic hydroxyl groups excluding tert-OH is 1. The maximum absolute atomic E-state index is 13.0. The number of carboxylic acids is 1. The van der Waals surface area contributed by atoms with Gasteiger partial charge in [-0.25, -0.2) is 14.0 Å². The molecule has 1 aromatic carbocycles. The Kier molecular flexibility index (Phi) is 4.10. The highest BCUT2D eigenvalue weighted by molar-refractivity contribution is 6.31. The Morgan fingerprint density at radius 2 is 2.15 bits per heavy atom. The van der Waals surface area contributed by atoms with Gasteiger partial charge in [-0.3, -0.25) is 0 Å². The lowest BCUT2D eigenvalue weighted by Gasteiger charge is -2.21. The molecular weight excluding hydrogens is 291 g/mol. The second-order valence-electron chi connectivity index (χ2n) is 4.45. The van der Waals surface area contributed by atoms with Gasteiger partial charge in [-0.1, -0.05) is 11.6 Å². The molecule has 0 spiro atoms. The number of β-amino-alcohol motifs (C(OH)–C–C–N with tert-alkyl or cyclic N) is 1. The first-order valence-corrected chi connectivity index (χ1v) is 6.20. The molecule has 2 rings (SSSR count). The standard InChI is InChI=1S/C12H12ClFN2O4/c13-8-3-6(1-2-9(8)14)15-12(20)16-5-7(17)4-10(16)11(18)19/h1-3,7,10,17H,4-5H2,(H,15,20)(H,18,19)/t7?,10-/m0/s1. The first-order chi connectivity index (χ1) is 9.38. The van der Waals surface area contributed by atoms with Crippen LogP contribution < -0.4 is 5.32 Å². The van der Waals surface area contributed by atoms with Gasteiger partial charge in [0.15, 0.2) is 0 Å². The predicted octanol–water partition coefficient (Wildman–Crippen LogP) is 1.53. The number of hydrogen-bond donors (Lipinski definition) is 3. The molecule has 0 bridgehead atoms. The number of rotatable bonds is 2. The van der Waals surface area contributed by atoms with Crippen LogP contribution in [0, 0.1) is 5.82 Å². The lowest BCUT2D eigenvalue weighted by atomic mass is 10.2. The fourth-order valence-corrected chi connectivity index (χ4v) is 2.22. The van der Waals surface area contributed by atoms with Crippen LogP contribution in [0.25, 0.3) is 0 Å². The Hall–Kier alpha value is -1.86. The maximum atomic E-state index is 13.0. The molecular formula is C12H12ClFN2O4. The van der Waals surface area contributed by atoms with Crippen LogP contribution in [0.5, 0.6) is 0 Å². The van der Waals surface area contributed by atoms with Gasteiger partial charge in [0.05, 0.1) is 11.1 Å². The average molecular weight is 303 g/mol. The number of carbonyl (C=O) groups is 2. The second kappa shape index (κ2) is 5.64. The summed E-state index contributed by atoms with van der Waals surface area (Å²) in [5, 5.41) is 20.7. The minimum absolute atomic E-state index is 0.0209. The van der Waals surface area contributed by atoms with Gasteiger partial charge in [0.2, 0.25) is 0 Å². The zero-order chi connectivity index (χ0) is 14.9. The number of carboxylic acid groups (broad SMARTS) is 1. The number of benzene rings is 1. The summed E-state index contributed by atoms with van der Waals surface area (Å²) in [4.78, 5) is 24.0. The number of hydrogen-bond acceptors (Lipinski definition) is 3. The molecule has 2 atom stereocenters. The van der Waals surface area contributed by atoms with Crippen molar-refractivity contribution in [3.63, 3.8) is 0 Å². The Morgan fingerprint density at radius 3 is 2.75 bits per heavy atom. The number of nitrogens with one attached hydrogen (secondary N) is 1. The van der Waals surface area contributed by atoms with Gasteiger partial charge in [0.25, 0.3) is 0 Å². The van der Waals surface area contributed by atoms with E-state index in [1.54, 1.807) is 0 Å². The SMILES string of the molecule is O=C(O)[C@@H]1CC(O)CN1C(=O)Nc1ccc(F)c(Cl)c1. The molecule has 6 nitrogen and oxygen atoms in total. The normalized spacial score (nSPS) is 21.9. The largest absolute Gasteiger partial charge is 0.480 e. The molecule has 8 heteroatoms. The summed E-state index contributed by atoms with van der Waals surface area (Å²) >= 11 is 5.59. The highest BCUT2D eigenvalue weighted by Crippen LogP contribution is 2.22. The third kappa shape index (κ3) is 3.00. The number of urea groups is 1. The Bertz CT molecular complexity index is 554. The lowest BCUT2D eigenvalue weighted by molar-refractivity contribution is -0.141. The van der Waals surface area contributed by atoms with Crippen molar-refractivity contribution in [3.05, 3.63) is 29.0 Å². The highest BCUT2D eigenvalue weighted by Gasteiger charge is 2.39. The molecule has 0 saturated carbocycles. The van der Waals surface area contributed by atoms with E-state index >= 15 is 0 Å². The minimum atomic E-state index is -1.19. The minimum Gasteiger partial charge on any atom is -0.480 e.